The summed E-state index contributed by atoms with van der Waals surface area (Å²) < 4.78 is 10.3. The molecular weight excluding hydrogens is 368 g/mol. The summed E-state index contributed by atoms with van der Waals surface area (Å²) in [5, 5.41) is 0. The van der Waals surface area contributed by atoms with Gasteiger partial charge in [-0.2, -0.15) is 0 Å². The molecule has 0 spiro atoms. The second kappa shape index (κ2) is 10.2. The molecule has 1 fully saturated rings. The Morgan fingerprint density at radius 1 is 0.966 bits per heavy atom. The van der Waals surface area contributed by atoms with Gasteiger partial charge in [-0.1, -0.05) is 42.0 Å². The molecule has 0 unspecified atom stereocenters. The number of hydrogen-bond donors (Lipinski definition) is 0. The van der Waals surface area contributed by atoms with Crippen LogP contribution in [0.1, 0.15) is 27.0 Å². The van der Waals surface area contributed by atoms with E-state index in [-0.39, 0.29) is 12.5 Å². The van der Waals surface area contributed by atoms with Crippen LogP contribution in [0.5, 0.6) is 0 Å². The van der Waals surface area contributed by atoms with E-state index in [0.717, 1.165) is 25.2 Å². The van der Waals surface area contributed by atoms with Crippen LogP contribution in [0.15, 0.2) is 48.5 Å². The van der Waals surface area contributed by atoms with Gasteiger partial charge in [0.05, 0.1) is 12.2 Å². The normalized spacial score (nSPS) is 14.6. The number of aryl methyl sites for hydroxylation is 1. The smallest absolute Gasteiger partial charge is 0.338 e. The van der Waals surface area contributed by atoms with Crippen molar-refractivity contribution in [1.29, 1.82) is 0 Å². The molecule has 6 heteroatoms. The van der Waals surface area contributed by atoms with Gasteiger partial charge in [-0.05, 0) is 30.2 Å². The standard InChI is InChI=1S/C23H28N2O4/c1-18-4-3-5-20(14-18)15-24-10-12-25(13-11-24)22(26)17-29-23(27)21-8-6-19(7-9-21)16-28-2/h3-9,14H,10-13,15-17H2,1-2H3. The van der Waals surface area contributed by atoms with E-state index in [1.807, 2.05) is 12.1 Å². The minimum absolute atomic E-state index is 0.149. The Morgan fingerprint density at radius 3 is 2.34 bits per heavy atom. The summed E-state index contributed by atoms with van der Waals surface area (Å²) in [6, 6.07) is 15.5. The van der Waals surface area contributed by atoms with Gasteiger partial charge in [0.2, 0.25) is 0 Å². The van der Waals surface area contributed by atoms with Gasteiger partial charge in [0.1, 0.15) is 0 Å². The van der Waals surface area contributed by atoms with Gasteiger partial charge in [0, 0.05) is 39.8 Å². The molecule has 154 valence electrons. The van der Waals surface area contributed by atoms with Crippen molar-refractivity contribution in [3.63, 3.8) is 0 Å². The molecule has 2 aromatic carbocycles. The van der Waals surface area contributed by atoms with Crippen molar-refractivity contribution in [2.45, 2.75) is 20.1 Å². The van der Waals surface area contributed by atoms with Crippen LogP contribution in [0, 0.1) is 6.92 Å². The summed E-state index contributed by atoms with van der Waals surface area (Å²) >= 11 is 0. The molecule has 0 aromatic heterocycles. The van der Waals surface area contributed by atoms with Crippen molar-refractivity contribution in [2.75, 3.05) is 39.9 Å². The lowest BCUT2D eigenvalue weighted by molar-refractivity contribution is -0.136. The summed E-state index contributed by atoms with van der Waals surface area (Å²) in [4.78, 5) is 28.7. The maximum Gasteiger partial charge on any atom is 0.338 e. The van der Waals surface area contributed by atoms with Crippen molar-refractivity contribution in [3.05, 3.63) is 70.8 Å². The van der Waals surface area contributed by atoms with Gasteiger partial charge in [0.15, 0.2) is 6.61 Å². The van der Waals surface area contributed by atoms with Crippen LogP contribution in [0.3, 0.4) is 0 Å². The largest absolute Gasteiger partial charge is 0.452 e. The fourth-order valence-electron chi connectivity index (χ4n) is 3.43. The number of ether oxygens (including phenoxy) is 2. The molecule has 0 aliphatic carbocycles. The quantitative estimate of drug-likeness (QED) is 0.674. The molecule has 29 heavy (non-hydrogen) atoms. The first-order valence-electron chi connectivity index (χ1n) is 9.86. The first-order valence-corrected chi connectivity index (χ1v) is 9.86. The maximum absolute atomic E-state index is 12.4. The SMILES string of the molecule is COCc1ccc(C(=O)OCC(=O)N2CCN(Cc3cccc(C)c3)CC2)cc1. The third-order valence-electron chi connectivity index (χ3n) is 5.04. The van der Waals surface area contributed by atoms with Crippen LogP contribution in [0.4, 0.5) is 0 Å². The number of carbonyl (C=O) groups is 2. The molecule has 0 radical (unpaired) electrons. The molecule has 0 saturated carbocycles. The predicted octanol–water partition coefficient (Wildman–Crippen LogP) is 2.64. The summed E-state index contributed by atoms with van der Waals surface area (Å²) in [5.74, 6) is -0.634. The minimum Gasteiger partial charge on any atom is -0.452 e. The maximum atomic E-state index is 12.4. The van der Waals surface area contributed by atoms with Crippen LogP contribution in [0.2, 0.25) is 0 Å². The molecule has 6 nitrogen and oxygen atoms in total. The Morgan fingerprint density at radius 2 is 1.69 bits per heavy atom. The van der Waals surface area contributed by atoms with E-state index in [9.17, 15) is 9.59 Å². The van der Waals surface area contributed by atoms with Crippen molar-refractivity contribution < 1.29 is 19.1 Å². The zero-order valence-electron chi connectivity index (χ0n) is 17.1. The Kier molecular flexibility index (Phi) is 7.38. The molecule has 0 atom stereocenters. The van der Waals surface area contributed by atoms with E-state index in [4.69, 9.17) is 9.47 Å². The molecule has 1 aliphatic heterocycles. The van der Waals surface area contributed by atoms with Crippen molar-refractivity contribution in [3.8, 4) is 0 Å². The lowest BCUT2D eigenvalue weighted by Crippen LogP contribution is -2.49. The number of benzene rings is 2. The molecule has 3 rings (SSSR count). The number of piperazine rings is 1. The highest BCUT2D eigenvalue weighted by atomic mass is 16.5. The van der Waals surface area contributed by atoms with E-state index in [1.54, 1.807) is 24.1 Å². The summed E-state index contributed by atoms with van der Waals surface area (Å²) in [6.07, 6.45) is 0. The third kappa shape index (κ3) is 6.14. The topological polar surface area (TPSA) is 59.1 Å². The molecule has 1 amide bonds. The van der Waals surface area contributed by atoms with E-state index in [2.05, 4.69) is 36.1 Å². The van der Waals surface area contributed by atoms with Gasteiger partial charge in [-0.15, -0.1) is 0 Å². The second-order valence-electron chi connectivity index (χ2n) is 7.35. The van der Waals surface area contributed by atoms with Gasteiger partial charge >= 0.3 is 5.97 Å². The third-order valence-corrected chi connectivity index (χ3v) is 5.04. The van der Waals surface area contributed by atoms with E-state index >= 15 is 0 Å². The number of hydrogen-bond acceptors (Lipinski definition) is 5. The van der Waals surface area contributed by atoms with Crippen LogP contribution in [-0.4, -0.2) is 61.6 Å². The van der Waals surface area contributed by atoms with Crippen molar-refractivity contribution >= 4 is 11.9 Å². The number of amides is 1. The Hall–Kier alpha value is -2.70. The lowest BCUT2D eigenvalue weighted by Gasteiger charge is -2.34. The van der Waals surface area contributed by atoms with Crippen LogP contribution >= 0.6 is 0 Å². The lowest BCUT2D eigenvalue weighted by atomic mass is 10.1. The molecular formula is C23H28N2O4. The van der Waals surface area contributed by atoms with E-state index in [1.165, 1.54) is 11.1 Å². The van der Waals surface area contributed by atoms with Gasteiger partial charge < -0.3 is 14.4 Å². The predicted molar refractivity (Wildman–Crippen MR) is 110 cm³/mol. The van der Waals surface area contributed by atoms with E-state index < -0.39 is 5.97 Å². The van der Waals surface area contributed by atoms with Gasteiger partial charge in [0.25, 0.3) is 5.91 Å². The Balaban J connectivity index is 1.41. The number of esters is 1. The molecule has 2 aromatic rings. The highest BCUT2D eigenvalue weighted by Crippen LogP contribution is 2.11. The zero-order chi connectivity index (χ0) is 20.6. The fraction of sp³-hybridized carbons (Fsp3) is 0.391. The average Bonchev–Trinajstić information content (AvgIpc) is 2.73. The number of carbonyl (C=O) groups excluding carboxylic acids is 2. The Bertz CT molecular complexity index is 827. The molecule has 1 heterocycles. The van der Waals surface area contributed by atoms with Crippen LogP contribution < -0.4 is 0 Å². The number of nitrogens with zero attached hydrogens (tertiary/aromatic N) is 2. The van der Waals surface area contributed by atoms with Crippen molar-refractivity contribution in [1.82, 2.24) is 9.80 Å². The molecule has 1 aliphatic rings. The minimum atomic E-state index is -0.486. The highest BCUT2D eigenvalue weighted by Gasteiger charge is 2.22. The molecule has 0 bridgehead atoms. The first kappa shape index (κ1) is 21.0. The number of methoxy groups -OCH3 is 1. The number of rotatable bonds is 7. The first-order chi connectivity index (χ1) is 14.0. The van der Waals surface area contributed by atoms with Gasteiger partial charge in [-0.3, -0.25) is 9.69 Å². The monoisotopic (exact) mass is 396 g/mol. The van der Waals surface area contributed by atoms with Crippen LogP contribution in [-0.2, 0) is 27.4 Å². The van der Waals surface area contributed by atoms with Crippen LogP contribution in [0.25, 0.3) is 0 Å². The van der Waals surface area contributed by atoms with Crippen molar-refractivity contribution in [2.24, 2.45) is 0 Å². The second-order valence-corrected chi connectivity index (χ2v) is 7.35. The fourth-order valence-corrected chi connectivity index (χ4v) is 3.43. The average molecular weight is 396 g/mol. The van der Waals surface area contributed by atoms with Gasteiger partial charge in [-0.25, -0.2) is 4.79 Å². The Labute approximate surface area is 172 Å². The zero-order valence-corrected chi connectivity index (χ0v) is 17.1. The summed E-state index contributed by atoms with van der Waals surface area (Å²) in [5.41, 5.74) is 3.95. The summed E-state index contributed by atoms with van der Waals surface area (Å²) in [7, 11) is 1.62. The van der Waals surface area contributed by atoms with E-state index in [0.29, 0.717) is 25.3 Å². The molecule has 1 saturated heterocycles. The molecule has 0 N–H and O–H groups in total. The summed E-state index contributed by atoms with van der Waals surface area (Å²) in [6.45, 7) is 6.17. The highest BCUT2D eigenvalue weighted by molar-refractivity contribution is 5.91.